The molecule has 0 radical (unpaired) electrons. The Kier molecular flexibility index (Phi) is 3.76. The average Bonchev–Trinajstić information content (AvgIpc) is 2.73. The molecule has 0 bridgehead atoms. The summed E-state index contributed by atoms with van der Waals surface area (Å²) in [6.07, 6.45) is -0.0845. The van der Waals surface area contributed by atoms with Gasteiger partial charge in [0, 0.05) is 6.42 Å². The van der Waals surface area contributed by atoms with E-state index in [1.807, 2.05) is 19.1 Å². The van der Waals surface area contributed by atoms with E-state index in [-0.39, 0.29) is 18.7 Å². The maximum absolute atomic E-state index is 11.7. The maximum atomic E-state index is 11.7. The summed E-state index contributed by atoms with van der Waals surface area (Å²) in [5.74, 6) is -0.352. The van der Waals surface area contributed by atoms with Gasteiger partial charge in [-0.2, -0.15) is 0 Å². The Bertz CT molecular complexity index is 385. The molecule has 0 amide bonds. The second-order valence-corrected chi connectivity index (χ2v) is 4.31. The molecule has 1 aliphatic rings. The van der Waals surface area contributed by atoms with Crippen LogP contribution in [0.4, 0.5) is 0 Å². The third kappa shape index (κ3) is 3.28. The van der Waals surface area contributed by atoms with Gasteiger partial charge < -0.3 is 14.6 Å². The second-order valence-electron chi connectivity index (χ2n) is 4.31. The van der Waals surface area contributed by atoms with Gasteiger partial charge in [0.2, 0.25) is 0 Å². The number of hydrogen-bond acceptors (Lipinski definition) is 4. The fourth-order valence-electron chi connectivity index (χ4n) is 1.74. The predicted octanol–water partition coefficient (Wildman–Crippen LogP) is 1.30. The van der Waals surface area contributed by atoms with Gasteiger partial charge in [-0.25, -0.2) is 4.79 Å². The third-order valence-electron chi connectivity index (χ3n) is 2.75. The molecule has 1 aliphatic heterocycles. The molecule has 2 atom stereocenters. The van der Waals surface area contributed by atoms with Crippen LogP contribution in [-0.2, 0) is 9.47 Å². The lowest BCUT2D eigenvalue weighted by molar-refractivity contribution is 0.0147. The highest BCUT2D eigenvalue weighted by atomic mass is 16.6. The fourth-order valence-corrected chi connectivity index (χ4v) is 1.74. The standard InChI is InChI=1S/C13H16O4/c1-9-2-4-10(5-3-9)13(15)17-8-12-6-11(14)7-16-12/h2-5,11-12,14H,6-8H2,1H3/t11-,12+/m1/s1. The molecule has 4 heteroatoms. The Morgan fingerprint density at radius 1 is 1.47 bits per heavy atom. The van der Waals surface area contributed by atoms with E-state index in [0.29, 0.717) is 18.6 Å². The summed E-state index contributed by atoms with van der Waals surface area (Å²) in [5.41, 5.74) is 1.64. The summed E-state index contributed by atoms with van der Waals surface area (Å²) in [7, 11) is 0. The van der Waals surface area contributed by atoms with Gasteiger partial charge in [0.1, 0.15) is 6.61 Å². The number of rotatable bonds is 3. The van der Waals surface area contributed by atoms with Crippen molar-refractivity contribution in [1.29, 1.82) is 0 Å². The van der Waals surface area contributed by atoms with E-state index in [1.165, 1.54) is 0 Å². The molecule has 1 saturated heterocycles. The number of carbonyl (C=O) groups is 1. The lowest BCUT2D eigenvalue weighted by atomic mass is 10.1. The van der Waals surface area contributed by atoms with Crippen LogP contribution in [0.1, 0.15) is 22.3 Å². The topological polar surface area (TPSA) is 55.8 Å². The zero-order chi connectivity index (χ0) is 12.3. The van der Waals surface area contributed by atoms with Gasteiger partial charge in [-0.3, -0.25) is 0 Å². The number of carbonyl (C=O) groups excluding carboxylic acids is 1. The van der Waals surface area contributed by atoms with Gasteiger partial charge in [-0.05, 0) is 19.1 Å². The van der Waals surface area contributed by atoms with Crippen molar-refractivity contribution >= 4 is 5.97 Å². The van der Waals surface area contributed by atoms with Crippen molar-refractivity contribution in [2.45, 2.75) is 25.6 Å². The minimum atomic E-state index is -0.432. The SMILES string of the molecule is Cc1ccc(C(=O)OC[C@@H]2C[C@@H](O)CO2)cc1. The number of hydrogen-bond donors (Lipinski definition) is 1. The number of aryl methyl sites for hydroxylation is 1. The van der Waals surface area contributed by atoms with E-state index in [9.17, 15) is 9.90 Å². The Balaban J connectivity index is 1.83. The zero-order valence-electron chi connectivity index (χ0n) is 9.76. The maximum Gasteiger partial charge on any atom is 0.338 e. The van der Waals surface area contributed by atoms with Crippen molar-refractivity contribution in [2.24, 2.45) is 0 Å². The van der Waals surface area contributed by atoms with Crippen LogP contribution in [0.25, 0.3) is 0 Å². The molecule has 0 unspecified atom stereocenters. The molecular formula is C13H16O4. The molecule has 4 nitrogen and oxygen atoms in total. The number of esters is 1. The van der Waals surface area contributed by atoms with Crippen molar-refractivity contribution in [3.8, 4) is 0 Å². The first-order valence-electron chi connectivity index (χ1n) is 5.68. The van der Waals surface area contributed by atoms with E-state index in [1.54, 1.807) is 12.1 Å². The summed E-state index contributed by atoms with van der Waals surface area (Å²) in [6.45, 7) is 2.49. The molecule has 92 valence electrons. The molecule has 1 N–H and O–H groups in total. The van der Waals surface area contributed by atoms with E-state index in [2.05, 4.69) is 0 Å². The quantitative estimate of drug-likeness (QED) is 0.804. The monoisotopic (exact) mass is 236 g/mol. The van der Waals surface area contributed by atoms with Crippen molar-refractivity contribution in [2.75, 3.05) is 13.2 Å². The van der Waals surface area contributed by atoms with E-state index < -0.39 is 6.10 Å². The van der Waals surface area contributed by atoms with Gasteiger partial charge in [0.05, 0.1) is 24.4 Å². The molecule has 1 aromatic rings. The Morgan fingerprint density at radius 2 is 2.18 bits per heavy atom. The molecule has 1 heterocycles. The van der Waals surface area contributed by atoms with Crippen molar-refractivity contribution in [3.63, 3.8) is 0 Å². The molecule has 1 fully saturated rings. The molecule has 0 saturated carbocycles. The highest BCUT2D eigenvalue weighted by Gasteiger charge is 2.24. The largest absolute Gasteiger partial charge is 0.459 e. The average molecular weight is 236 g/mol. The second kappa shape index (κ2) is 5.29. The molecule has 0 spiro atoms. The number of aliphatic hydroxyl groups is 1. The molecule has 1 aromatic carbocycles. The smallest absolute Gasteiger partial charge is 0.338 e. The van der Waals surface area contributed by atoms with Gasteiger partial charge in [-0.1, -0.05) is 17.7 Å². The lowest BCUT2D eigenvalue weighted by Crippen LogP contribution is -2.18. The van der Waals surface area contributed by atoms with Crippen molar-refractivity contribution in [1.82, 2.24) is 0 Å². The van der Waals surface area contributed by atoms with Gasteiger partial charge in [-0.15, -0.1) is 0 Å². The van der Waals surface area contributed by atoms with Crippen LogP contribution in [0.5, 0.6) is 0 Å². The predicted molar refractivity (Wildman–Crippen MR) is 61.8 cm³/mol. The van der Waals surface area contributed by atoms with Gasteiger partial charge >= 0.3 is 5.97 Å². The van der Waals surface area contributed by atoms with Crippen LogP contribution in [0.15, 0.2) is 24.3 Å². The first kappa shape index (κ1) is 12.1. The van der Waals surface area contributed by atoms with Crippen molar-refractivity contribution in [3.05, 3.63) is 35.4 Å². The molecule has 2 rings (SSSR count). The number of aliphatic hydroxyl groups excluding tert-OH is 1. The zero-order valence-corrected chi connectivity index (χ0v) is 9.76. The summed E-state index contributed by atoms with van der Waals surface area (Å²) >= 11 is 0. The summed E-state index contributed by atoms with van der Waals surface area (Å²) in [4.78, 5) is 11.7. The molecular weight excluding hydrogens is 220 g/mol. The first-order valence-corrected chi connectivity index (χ1v) is 5.68. The summed E-state index contributed by atoms with van der Waals surface area (Å²) in [6, 6.07) is 7.21. The van der Waals surface area contributed by atoms with Crippen molar-refractivity contribution < 1.29 is 19.4 Å². The van der Waals surface area contributed by atoms with Crippen LogP contribution in [0.2, 0.25) is 0 Å². The fraction of sp³-hybridized carbons (Fsp3) is 0.462. The van der Waals surface area contributed by atoms with Gasteiger partial charge in [0.25, 0.3) is 0 Å². The van der Waals surface area contributed by atoms with Crippen LogP contribution in [0.3, 0.4) is 0 Å². The van der Waals surface area contributed by atoms with Crippen LogP contribution < -0.4 is 0 Å². The van der Waals surface area contributed by atoms with E-state index >= 15 is 0 Å². The number of ether oxygens (including phenoxy) is 2. The summed E-state index contributed by atoms with van der Waals surface area (Å²) < 4.78 is 10.4. The van der Waals surface area contributed by atoms with Crippen LogP contribution in [-0.4, -0.2) is 36.5 Å². The Morgan fingerprint density at radius 3 is 2.76 bits per heavy atom. The van der Waals surface area contributed by atoms with E-state index in [4.69, 9.17) is 9.47 Å². The minimum Gasteiger partial charge on any atom is -0.459 e. The molecule has 17 heavy (non-hydrogen) atoms. The Labute approximate surface area is 100 Å². The van der Waals surface area contributed by atoms with Gasteiger partial charge in [0.15, 0.2) is 0 Å². The van der Waals surface area contributed by atoms with E-state index in [0.717, 1.165) is 5.56 Å². The molecule has 0 aromatic heterocycles. The van der Waals surface area contributed by atoms with Crippen LogP contribution in [0, 0.1) is 6.92 Å². The highest BCUT2D eigenvalue weighted by molar-refractivity contribution is 5.89. The minimum absolute atomic E-state index is 0.181. The lowest BCUT2D eigenvalue weighted by Gasteiger charge is -2.10. The first-order chi connectivity index (χ1) is 8.15. The molecule has 0 aliphatic carbocycles. The third-order valence-corrected chi connectivity index (χ3v) is 2.75. The van der Waals surface area contributed by atoms with Crippen LogP contribution >= 0.6 is 0 Å². The Hall–Kier alpha value is -1.39. The highest BCUT2D eigenvalue weighted by Crippen LogP contribution is 2.14. The summed E-state index contributed by atoms with van der Waals surface area (Å²) in [5, 5.41) is 9.25. The number of benzene rings is 1. The normalized spacial score (nSPS) is 23.6.